The highest BCUT2D eigenvalue weighted by Crippen LogP contribution is 2.33. The monoisotopic (exact) mass is 460 g/mol. The summed E-state index contributed by atoms with van der Waals surface area (Å²) in [4.78, 5) is 14.8. The summed E-state index contributed by atoms with van der Waals surface area (Å²) >= 11 is 13.8. The van der Waals surface area contributed by atoms with Crippen LogP contribution in [0, 0.1) is 5.92 Å². The fourth-order valence-electron chi connectivity index (χ4n) is 3.24. The lowest BCUT2D eigenvalue weighted by atomic mass is 9.97. The third-order valence-electron chi connectivity index (χ3n) is 4.84. The number of aryl methyl sites for hydroxylation is 1. The molecule has 0 atom stereocenters. The molecule has 9 heteroatoms. The Balaban J connectivity index is 1.58. The van der Waals surface area contributed by atoms with Crippen LogP contribution < -0.4 is 5.32 Å². The highest BCUT2D eigenvalue weighted by Gasteiger charge is 2.34. The molecule has 3 rings (SSSR count). The maximum Gasteiger partial charge on any atom is 0.246 e. The molecule has 1 aliphatic rings. The van der Waals surface area contributed by atoms with E-state index in [9.17, 15) is 13.2 Å². The standard InChI is InChI=1S/C19H22Cl2N2O3S2/c1-2-14-6-7-15(27-14)12-22-19(24)13-8-10-23(11-9-13)28(25,26)18-16(20)4-3-5-17(18)21/h3-7,13H,2,8-12H2,1H3,(H,22,24). The minimum absolute atomic E-state index is 0.0285. The Kier molecular flexibility index (Phi) is 7.04. The van der Waals surface area contributed by atoms with Gasteiger partial charge >= 0.3 is 0 Å². The van der Waals surface area contributed by atoms with E-state index < -0.39 is 10.0 Å². The van der Waals surface area contributed by atoms with Crippen molar-refractivity contribution in [2.24, 2.45) is 5.92 Å². The van der Waals surface area contributed by atoms with Gasteiger partial charge in [0.2, 0.25) is 15.9 Å². The fourth-order valence-corrected chi connectivity index (χ4v) is 6.70. The van der Waals surface area contributed by atoms with Crippen LogP contribution in [0.2, 0.25) is 10.0 Å². The zero-order valence-corrected chi connectivity index (χ0v) is 18.6. The predicted octanol–water partition coefficient (Wildman–Crippen LogP) is 4.33. The molecule has 152 valence electrons. The van der Waals surface area contributed by atoms with Gasteiger partial charge in [-0.1, -0.05) is 36.2 Å². The van der Waals surface area contributed by atoms with E-state index in [-0.39, 0.29) is 39.9 Å². The van der Waals surface area contributed by atoms with E-state index in [1.807, 2.05) is 6.07 Å². The molecule has 0 bridgehead atoms. The summed E-state index contributed by atoms with van der Waals surface area (Å²) < 4.78 is 27.2. The van der Waals surface area contributed by atoms with E-state index in [0.717, 1.165) is 11.3 Å². The smallest absolute Gasteiger partial charge is 0.246 e. The molecule has 0 unspecified atom stereocenters. The molecular formula is C19H22Cl2N2O3S2. The Morgan fingerprint density at radius 3 is 2.32 bits per heavy atom. The number of carbonyl (C=O) groups excluding carboxylic acids is 1. The SMILES string of the molecule is CCc1ccc(CNC(=O)C2CCN(S(=O)(=O)c3c(Cl)cccc3Cl)CC2)s1. The van der Waals surface area contributed by atoms with E-state index in [4.69, 9.17) is 23.2 Å². The molecule has 5 nitrogen and oxygen atoms in total. The molecule has 1 aromatic heterocycles. The Morgan fingerprint density at radius 1 is 1.14 bits per heavy atom. The zero-order valence-electron chi connectivity index (χ0n) is 15.5. The van der Waals surface area contributed by atoms with E-state index in [1.165, 1.54) is 21.3 Å². The lowest BCUT2D eigenvalue weighted by Gasteiger charge is -2.31. The molecule has 0 spiro atoms. The molecule has 0 aliphatic carbocycles. The number of hydrogen-bond donors (Lipinski definition) is 1. The summed E-state index contributed by atoms with van der Waals surface area (Å²) in [5.41, 5.74) is 0. The Labute approximate surface area is 179 Å². The van der Waals surface area contributed by atoms with E-state index >= 15 is 0 Å². The molecule has 28 heavy (non-hydrogen) atoms. The predicted molar refractivity (Wildman–Crippen MR) is 113 cm³/mol. The van der Waals surface area contributed by atoms with E-state index in [0.29, 0.717) is 19.4 Å². The van der Waals surface area contributed by atoms with Crippen LogP contribution in [0.4, 0.5) is 0 Å². The van der Waals surface area contributed by atoms with Gasteiger partial charge in [-0.05, 0) is 43.5 Å². The molecular weight excluding hydrogens is 439 g/mol. The van der Waals surface area contributed by atoms with Gasteiger partial charge in [0, 0.05) is 28.8 Å². The van der Waals surface area contributed by atoms with Gasteiger partial charge in [0.15, 0.2) is 0 Å². The van der Waals surface area contributed by atoms with Gasteiger partial charge in [-0.15, -0.1) is 11.3 Å². The summed E-state index contributed by atoms with van der Waals surface area (Å²) in [6, 6.07) is 8.74. The van der Waals surface area contributed by atoms with Crippen LogP contribution in [0.3, 0.4) is 0 Å². The number of sulfonamides is 1. The first-order valence-electron chi connectivity index (χ1n) is 9.12. The van der Waals surface area contributed by atoms with Gasteiger partial charge < -0.3 is 5.32 Å². The quantitative estimate of drug-likeness (QED) is 0.696. The first-order valence-corrected chi connectivity index (χ1v) is 12.1. The number of nitrogens with one attached hydrogen (secondary N) is 1. The van der Waals surface area contributed by atoms with Crippen LogP contribution in [-0.2, 0) is 27.8 Å². The summed E-state index contributed by atoms with van der Waals surface area (Å²) in [5, 5.41) is 3.18. The molecule has 2 aromatic rings. The minimum atomic E-state index is -3.79. The minimum Gasteiger partial charge on any atom is -0.351 e. The Hall–Kier alpha value is -1.12. The number of rotatable bonds is 6. The maximum absolute atomic E-state index is 12.9. The van der Waals surface area contributed by atoms with E-state index in [2.05, 4.69) is 18.3 Å². The normalized spacial score (nSPS) is 16.2. The van der Waals surface area contributed by atoms with Crippen LogP contribution in [0.5, 0.6) is 0 Å². The number of carbonyl (C=O) groups is 1. The largest absolute Gasteiger partial charge is 0.351 e. The fraction of sp³-hybridized carbons (Fsp3) is 0.421. The van der Waals surface area contributed by atoms with Crippen LogP contribution in [0.1, 0.15) is 29.5 Å². The number of piperidine rings is 1. The molecule has 1 fully saturated rings. The Morgan fingerprint density at radius 2 is 1.75 bits per heavy atom. The lowest BCUT2D eigenvalue weighted by Crippen LogP contribution is -2.43. The first-order chi connectivity index (χ1) is 13.3. The zero-order chi connectivity index (χ0) is 20.3. The van der Waals surface area contributed by atoms with Crippen molar-refractivity contribution in [3.8, 4) is 0 Å². The molecule has 0 radical (unpaired) electrons. The van der Waals surface area contributed by atoms with Crippen LogP contribution in [0.15, 0.2) is 35.2 Å². The second-order valence-corrected chi connectivity index (χ2v) is 10.6. The van der Waals surface area contributed by atoms with Crippen molar-refractivity contribution in [2.45, 2.75) is 37.6 Å². The van der Waals surface area contributed by atoms with Crippen LogP contribution in [-0.4, -0.2) is 31.7 Å². The highest BCUT2D eigenvalue weighted by molar-refractivity contribution is 7.89. The van der Waals surface area contributed by atoms with Crippen molar-refractivity contribution in [3.05, 3.63) is 50.1 Å². The molecule has 0 saturated carbocycles. The van der Waals surface area contributed by atoms with Crippen molar-refractivity contribution >= 4 is 50.5 Å². The molecule has 2 heterocycles. The molecule has 1 aliphatic heterocycles. The van der Waals surface area contributed by atoms with Gasteiger partial charge in [-0.2, -0.15) is 4.31 Å². The van der Waals surface area contributed by atoms with E-state index in [1.54, 1.807) is 17.4 Å². The average Bonchev–Trinajstić information content (AvgIpc) is 3.14. The summed E-state index contributed by atoms with van der Waals surface area (Å²) in [6.45, 7) is 3.14. The summed E-state index contributed by atoms with van der Waals surface area (Å²) in [6.07, 6.45) is 1.93. The third-order valence-corrected chi connectivity index (χ3v) is 8.93. The van der Waals surface area contributed by atoms with Gasteiger partial charge in [-0.25, -0.2) is 8.42 Å². The van der Waals surface area contributed by atoms with Crippen molar-refractivity contribution < 1.29 is 13.2 Å². The molecule has 1 saturated heterocycles. The van der Waals surface area contributed by atoms with Crippen LogP contribution >= 0.6 is 34.5 Å². The molecule has 1 N–H and O–H groups in total. The van der Waals surface area contributed by atoms with Gasteiger partial charge in [0.1, 0.15) is 4.90 Å². The van der Waals surface area contributed by atoms with Crippen molar-refractivity contribution in [1.82, 2.24) is 9.62 Å². The molecule has 1 aromatic carbocycles. The topological polar surface area (TPSA) is 66.5 Å². The number of amides is 1. The second kappa shape index (κ2) is 9.13. The molecule has 1 amide bonds. The van der Waals surface area contributed by atoms with Crippen molar-refractivity contribution in [1.29, 1.82) is 0 Å². The third kappa shape index (κ3) is 4.71. The van der Waals surface area contributed by atoms with Crippen LogP contribution in [0.25, 0.3) is 0 Å². The van der Waals surface area contributed by atoms with Crippen molar-refractivity contribution in [3.63, 3.8) is 0 Å². The van der Waals surface area contributed by atoms with Gasteiger partial charge in [-0.3, -0.25) is 4.79 Å². The summed E-state index contributed by atoms with van der Waals surface area (Å²) in [7, 11) is -3.79. The number of hydrogen-bond acceptors (Lipinski definition) is 4. The highest BCUT2D eigenvalue weighted by atomic mass is 35.5. The average molecular weight is 461 g/mol. The maximum atomic E-state index is 12.9. The lowest BCUT2D eigenvalue weighted by molar-refractivity contribution is -0.126. The number of nitrogens with zero attached hydrogens (tertiary/aromatic N) is 1. The van der Waals surface area contributed by atoms with Gasteiger partial charge in [0.25, 0.3) is 0 Å². The first kappa shape index (κ1) is 21.6. The number of thiophene rings is 1. The number of halogens is 2. The second-order valence-electron chi connectivity index (χ2n) is 6.67. The number of benzene rings is 1. The van der Waals surface area contributed by atoms with Gasteiger partial charge in [0.05, 0.1) is 16.6 Å². The Bertz CT molecular complexity index is 932. The van der Waals surface area contributed by atoms with Crippen molar-refractivity contribution in [2.75, 3.05) is 13.1 Å². The summed E-state index contributed by atoms with van der Waals surface area (Å²) in [5.74, 6) is -0.224.